The highest BCUT2D eigenvalue weighted by molar-refractivity contribution is 5.93. The van der Waals surface area contributed by atoms with Crippen molar-refractivity contribution < 1.29 is 9.21 Å². The standard InChI is InChI=1S/C17H19N5O2/c23-17(15-11-14(19-20-15)16-6-3-10-24-16)22-9-2-1-5-13(22)12-21-8-4-7-18-21/h3-4,6-8,10-11,13H,1-2,5,9,12H2,(H,19,20). The van der Waals surface area contributed by atoms with Gasteiger partial charge in [-0.25, -0.2) is 0 Å². The summed E-state index contributed by atoms with van der Waals surface area (Å²) in [5.74, 6) is 0.634. The number of carbonyl (C=O) groups excluding carboxylic acids is 1. The zero-order valence-electron chi connectivity index (χ0n) is 13.3. The number of aromatic nitrogens is 4. The maximum absolute atomic E-state index is 12.9. The third-order valence-corrected chi connectivity index (χ3v) is 4.43. The minimum Gasteiger partial charge on any atom is -0.463 e. The Bertz CT molecular complexity index is 791. The molecule has 4 heterocycles. The van der Waals surface area contributed by atoms with Crippen molar-refractivity contribution in [3.05, 3.63) is 48.6 Å². The van der Waals surface area contributed by atoms with E-state index < -0.39 is 0 Å². The Hall–Kier alpha value is -2.83. The molecule has 0 spiro atoms. The number of amides is 1. The molecule has 0 radical (unpaired) electrons. The van der Waals surface area contributed by atoms with E-state index >= 15 is 0 Å². The average Bonchev–Trinajstić information content (AvgIpc) is 3.35. The Kier molecular flexibility index (Phi) is 3.90. The second-order valence-corrected chi connectivity index (χ2v) is 6.02. The number of aromatic amines is 1. The molecule has 1 atom stereocenters. The number of likely N-dealkylation sites (tertiary alicyclic amines) is 1. The van der Waals surface area contributed by atoms with E-state index in [1.807, 2.05) is 34.0 Å². The molecule has 3 aromatic rings. The number of furan rings is 1. The fourth-order valence-corrected chi connectivity index (χ4v) is 3.22. The van der Waals surface area contributed by atoms with Gasteiger partial charge in [0.05, 0.1) is 18.8 Å². The number of H-pyrrole nitrogens is 1. The van der Waals surface area contributed by atoms with Gasteiger partial charge in [-0.3, -0.25) is 14.6 Å². The van der Waals surface area contributed by atoms with Gasteiger partial charge in [0.1, 0.15) is 5.69 Å². The second kappa shape index (κ2) is 6.35. The summed E-state index contributed by atoms with van der Waals surface area (Å²) in [6.45, 7) is 1.47. The van der Waals surface area contributed by atoms with Crippen LogP contribution in [0.5, 0.6) is 0 Å². The molecular weight excluding hydrogens is 306 g/mol. The van der Waals surface area contributed by atoms with Crippen molar-refractivity contribution in [3.8, 4) is 11.5 Å². The summed E-state index contributed by atoms with van der Waals surface area (Å²) < 4.78 is 7.23. The Morgan fingerprint density at radius 3 is 3.12 bits per heavy atom. The first kappa shape index (κ1) is 14.7. The SMILES string of the molecule is O=C(c1cc(-c2ccco2)[nH]n1)N1CCCCC1Cn1cccn1. The lowest BCUT2D eigenvalue weighted by Gasteiger charge is -2.35. The van der Waals surface area contributed by atoms with Crippen molar-refractivity contribution in [2.24, 2.45) is 0 Å². The van der Waals surface area contributed by atoms with Crippen LogP contribution in [0.1, 0.15) is 29.8 Å². The van der Waals surface area contributed by atoms with Crippen LogP contribution in [0.2, 0.25) is 0 Å². The molecule has 1 aliphatic heterocycles. The van der Waals surface area contributed by atoms with Crippen LogP contribution in [0.25, 0.3) is 11.5 Å². The van der Waals surface area contributed by atoms with Crippen LogP contribution in [0.4, 0.5) is 0 Å². The Morgan fingerprint density at radius 2 is 2.33 bits per heavy atom. The van der Waals surface area contributed by atoms with Gasteiger partial charge in [-0.1, -0.05) is 0 Å². The first-order chi connectivity index (χ1) is 11.8. The average molecular weight is 325 g/mol. The number of nitrogens with zero attached hydrogens (tertiary/aromatic N) is 4. The third-order valence-electron chi connectivity index (χ3n) is 4.43. The second-order valence-electron chi connectivity index (χ2n) is 6.02. The smallest absolute Gasteiger partial charge is 0.274 e. The summed E-state index contributed by atoms with van der Waals surface area (Å²) in [7, 11) is 0. The summed E-state index contributed by atoms with van der Waals surface area (Å²) in [6.07, 6.45) is 8.44. The van der Waals surface area contributed by atoms with Crippen LogP contribution in [0.15, 0.2) is 47.3 Å². The highest BCUT2D eigenvalue weighted by Gasteiger charge is 2.29. The van der Waals surface area contributed by atoms with Crippen molar-refractivity contribution in [1.29, 1.82) is 0 Å². The fourth-order valence-electron chi connectivity index (χ4n) is 3.22. The summed E-state index contributed by atoms with van der Waals surface area (Å²) in [5.41, 5.74) is 1.14. The lowest BCUT2D eigenvalue weighted by atomic mass is 10.0. The molecule has 24 heavy (non-hydrogen) atoms. The van der Waals surface area contributed by atoms with Gasteiger partial charge in [-0.2, -0.15) is 10.2 Å². The van der Waals surface area contributed by atoms with Crippen LogP contribution >= 0.6 is 0 Å². The molecule has 1 aliphatic rings. The minimum atomic E-state index is -0.0408. The molecule has 0 aromatic carbocycles. The van der Waals surface area contributed by atoms with Gasteiger partial charge in [0, 0.05) is 25.0 Å². The van der Waals surface area contributed by atoms with E-state index in [4.69, 9.17) is 4.42 Å². The Balaban J connectivity index is 1.53. The van der Waals surface area contributed by atoms with Crippen molar-refractivity contribution in [1.82, 2.24) is 24.9 Å². The van der Waals surface area contributed by atoms with Gasteiger partial charge in [0.25, 0.3) is 5.91 Å². The van der Waals surface area contributed by atoms with Gasteiger partial charge < -0.3 is 9.32 Å². The summed E-state index contributed by atoms with van der Waals surface area (Å²) >= 11 is 0. The first-order valence-corrected chi connectivity index (χ1v) is 8.19. The molecule has 7 heteroatoms. The molecule has 4 rings (SSSR count). The summed E-state index contributed by atoms with van der Waals surface area (Å²) in [6, 6.07) is 7.44. The van der Waals surface area contributed by atoms with E-state index in [0.29, 0.717) is 23.7 Å². The van der Waals surface area contributed by atoms with Crippen LogP contribution < -0.4 is 0 Å². The molecule has 7 nitrogen and oxygen atoms in total. The van der Waals surface area contributed by atoms with Crippen molar-refractivity contribution in [2.45, 2.75) is 31.8 Å². The predicted octanol–water partition coefficient (Wildman–Crippen LogP) is 2.56. The molecule has 124 valence electrons. The first-order valence-electron chi connectivity index (χ1n) is 8.19. The van der Waals surface area contributed by atoms with E-state index in [-0.39, 0.29) is 11.9 Å². The molecule has 1 N–H and O–H groups in total. The molecule has 0 saturated carbocycles. The Morgan fingerprint density at radius 1 is 1.38 bits per heavy atom. The zero-order valence-corrected chi connectivity index (χ0v) is 13.3. The highest BCUT2D eigenvalue weighted by atomic mass is 16.3. The Labute approximate surface area is 139 Å². The topological polar surface area (TPSA) is 80.0 Å². The van der Waals surface area contributed by atoms with E-state index in [0.717, 1.165) is 25.8 Å². The van der Waals surface area contributed by atoms with Crippen molar-refractivity contribution >= 4 is 5.91 Å². The highest BCUT2D eigenvalue weighted by Crippen LogP contribution is 2.23. The number of hydrogen-bond acceptors (Lipinski definition) is 4. The van der Waals surface area contributed by atoms with Crippen molar-refractivity contribution in [2.75, 3.05) is 6.54 Å². The number of rotatable bonds is 4. The van der Waals surface area contributed by atoms with Crippen LogP contribution in [0, 0.1) is 0 Å². The van der Waals surface area contributed by atoms with Crippen LogP contribution in [-0.4, -0.2) is 43.4 Å². The van der Waals surface area contributed by atoms with Crippen molar-refractivity contribution in [3.63, 3.8) is 0 Å². The third kappa shape index (κ3) is 2.84. The minimum absolute atomic E-state index is 0.0408. The maximum atomic E-state index is 12.9. The van der Waals surface area contributed by atoms with Crippen LogP contribution in [0.3, 0.4) is 0 Å². The molecule has 1 amide bonds. The monoisotopic (exact) mass is 325 g/mol. The molecule has 3 aromatic heterocycles. The van der Waals surface area contributed by atoms with E-state index in [1.165, 1.54) is 0 Å². The quantitative estimate of drug-likeness (QED) is 0.799. The van der Waals surface area contributed by atoms with Gasteiger partial charge >= 0.3 is 0 Å². The largest absolute Gasteiger partial charge is 0.463 e. The lowest BCUT2D eigenvalue weighted by Crippen LogP contribution is -2.46. The molecule has 1 fully saturated rings. The molecule has 1 saturated heterocycles. The van der Waals surface area contributed by atoms with Gasteiger partial charge in [-0.15, -0.1) is 0 Å². The fraction of sp³-hybridized carbons (Fsp3) is 0.353. The van der Waals surface area contributed by atoms with Gasteiger partial charge in [0.15, 0.2) is 11.5 Å². The summed E-state index contributed by atoms with van der Waals surface area (Å²) in [4.78, 5) is 14.8. The maximum Gasteiger partial charge on any atom is 0.274 e. The van der Waals surface area contributed by atoms with Crippen LogP contribution in [-0.2, 0) is 6.54 Å². The predicted molar refractivity (Wildman–Crippen MR) is 87.2 cm³/mol. The number of carbonyl (C=O) groups is 1. The zero-order chi connectivity index (χ0) is 16.4. The molecule has 1 unspecified atom stereocenters. The molecular formula is C17H19N5O2. The molecule has 0 aliphatic carbocycles. The van der Waals surface area contributed by atoms with Gasteiger partial charge in [0.2, 0.25) is 0 Å². The van der Waals surface area contributed by atoms with E-state index in [1.54, 1.807) is 18.5 Å². The van der Waals surface area contributed by atoms with E-state index in [2.05, 4.69) is 15.3 Å². The number of nitrogens with one attached hydrogen (secondary N) is 1. The summed E-state index contributed by atoms with van der Waals surface area (Å²) in [5, 5.41) is 11.3. The normalized spacial score (nSPS) is 18.0. The lowest BCUT2D eigenvalue weighted by molar-refractivity contribution is 0.0578. The number of piperidine rings is 1. The number of hydrogen-bond donors (Lipinski definition) is 1. The van der Waals surface area contributed by atoms with Gasteiger partial charge in [-0.05, 0) is 37.5 Å². The van der Waals surface area contributed by atoms with E-state index in [9.17, 15) is 4.79 Å². The molecule has 0 bridgehead atoms.